The molecular weight excluding hydrogens is 354 g/mol. The van der Waals surface area contributed by atoms with Gasteiger partial charge in [0.05, 0.1) is 17.6 Å². The summed E-state index contributed by atoms with van der Waals surface area (Å²) < 4.78 is 2.57. The van der Waals surface area contributed by atoms with Crippen LogP contribution in [0.5, 0.6) is 0 Å². The van der Waals surface area contributed by atoms with Gasteiger partial charge in [-0.15, -0.1) is 11.3 Å². The van der Waals surface area contributed by atoms with Crippen LogP contribution in [0.3, 0.4) is 0 Å². The van der Waals surface area contributed by atoms with E-state index in [0.29, 0.717) is 17.4 Å². The molecule has 0 unspecified atom stereocenters. The lowest BCUT2D eigenvalue weighted by molar-refractivity contribution is 0.0698. The van der Waals surface area contributed by atoms with Gasteiger partial charge in [-0.05, 0) is 28.1 Å². The molecular formula is C15H10BrNO3S. The van der Waals surface area contributed by atoms with Crippen molar-refractivity contribution in [3.8, 4) is 0 Å². The molecule has 6 heteroatoms. The summed E-state index contributed by atoms with van der Waals surface area (Å²) in [7, 11) is 0. The number of pyridine rings is 1. The highest BCUT2D eigenvalue weighted by molar-refractivity contribution is 9.10. The third kappa shape index (κ3) is 2.64. The van der Waals surface area contributed by atoms with Crippen LogP contribution in [0.4, 0.5) is 0 Å². The van der Waals surface area contributed by atoms with Gasteiger partial charge in [-0.3, -0.25) is 4.79 Å². The molecule has 0 atom stereocenters. The third-order valence-electron chi connectivity index (χ3n) is 3.18. The minimum atomic E-state index is -1.09. The zero-order chi connectivity index (χ0) is 15.0. The molecule has 21 heavy (non-hydrogen) atoms. The summed E-state index contributed by atoms with van der Waals surface area (Å²) in [4.78, 5) is 24.6. The van der Waals surface area contributed by atoms with E-state index in [1.807, 2.05) is 11.4 Å². The molecule has 0 radical (unpaired) electrons. The summed E-state index contributed by atoms with van der Waals surface area (Å²) >= 11 is 4.94. The molecule has 1 aromatic carbocycles. The summed E-state index contributed by atoms with van der Waals surface area (Å²) in [5.74, 6) is -1.09. The van der Waals surface area contributed by atoms with Crippen LogP contribution in [0.1, 0.15) is 15.2 Å². The molecule has 0 spiro atoms. The number of rotatable bonds is 3. The van der Waals surface area contributed by atoms with Crippen LogP contribution in [0.2, 0.25) is 0 Å². The van der Waals surface area contributed by atoms with Gasteiger partial charge in [0.15, 0.2) is 0 Å². The maximum Gasteiger partial charge on any atom is 0.336 e. The van der Waals surface area contributed by atoms with Crippen molar-refractivity contribution >= 4 is 44.1 Å². The van der Waals surface area contributed by atoms with Crippen LogP contribution in [-0.4, -0.2) is 15.6 Å². The first-order valence-electron chi connectivity index (χ1n) is 6.15. The Kier molecular flexibility index (Phi) is 3.65. The van der Waals surface area contributed by atoms with Gasteiger partial charge in [0.25, 0.3) is 5.56 Å². The first-order chi connectivity index (χ1) is 10.1. The number of thiophene rings is 1. The Labute approximate surface area is 132 Å². The van der Waals surface area contributed by atoms with Gasteiger partial charge in [0, 0.05) is 26.2 Å². The molecule has 0 aliphatic rings. The van der Waals surface area contributed by atoms with Crippen LogP contribution < -0.4 is 5.56 Å². The summed E-state index contributed by atoms with van der Waals surface area (Å²) in [5.41, 5.74) is 0.363. The molecule has 0 saturated heterocycles. The topological polar surface area (TPSA) is 59.3 Å². The quantitative estimate of drug-likeness (QED) is 0.773. The van der Waals surface area contributed by atoms with Crippen molar-refractivity contribution in [2.24, 2.45) is 0 Å². The number of fused-ring (bicyclic) bond motifs is 1. The number of aromatic carboxylic acids is 1. The van der Waals surface area contributed by atoms with E-state index < -0.39 is 5.97 Å². The largest absolute Gasteiger partial charge is 0.478 e. The van der Waals surface area contributed by atoms with Crippen molar-refractivity contribution in [3.05, 3.63) is 67.0 Å². The van der Waals surface area contributed by atoms with Crippen LogP contribution in [-0.2, 0) is 6.54 Å². The van der Waals surface area contributed by atoms with Gasteiger partial charge < -0.3 is 9.67 Å². The Morgan fingerprint density at radius 2 is 2.05 bits per heavy atom. The van der Waals surface area contributed by atoms with Crippen molar-refractivity contribution in [1.82, 2.24) is 4.57 Å². The summed E-state index contributed by atoms with van der Waals surface area (Å²) in [6, 6.07) is 10.2. The maximum absolute atomic E-state index is 12.3. The predicted molar refractivity (Wildman–Crippen MR) is 86.3 cm³/mol. The average Bonchev–Trinajstić information content (AvgIpc) is 2.87. The van der Waals surface area contributed by atoms with Crippen LogP contribution in [0.25, 0.3) is 10.9 Å². The van der Waals surface area contributed by atoms with Gasteiger partial charge in [-0.2, -0.15) is 0 Å². The number of hydrogen-bond acceptors (Lipinski definition) is 3. The Hall–Kier alpha value is -1.92. The van der Waals surface area contributed by atoms with E-state index in [0.717, 1.165) is 9.35 Å². The van der Waals surface area contributed by atoms with Gasteiger partial charge in [-0.1, -0.05) is 18.2 Å². The van der Waals surface area contributed by atoms with Gasteiger partial charge in [0.2, 0.25) is 0 Å². The smallest absolute Gasteiger partial charge is 0.336 e. The second-order valence-electron chi connectivity index (χ2n) is 4.54. The molecule has 0 bridgehead atoms. The zero-order valence-electron chi connectivity index (χ0n) is 10.7. The Bertz CT molecular complexity index is 897. The molecule has 0 saturated carbocycles. The van der Waals surface area contributed by atoms with Crippen LogP contribution >= 0.6 is 27.3 Å². The number of hydrogen-bond donors (Lipinski definition) is 1. The highest BCUT2D eigenvalue weighted by atomic mass is 79.9. The molecule has 106 valence electrons. The van der Waals surface area contributed by atoms with Crippen molar-refractivity contribution in [2.45, 2.75) is 6.54 Å². The summed E-state index contributed by atoms with van der Waals surface area (Å²) in [5, 5.41) is 11.8. The molecule has 0 aliphatic heterocycles. The van der Waals surface area contributed by atoms with Crippen LogP contribution in [0, 0.1) is 0 Å². The SMILES string of the molecule is O=C(O)c1cc(=O)n(Cc2cc(Br)cs2)c2ccccc12. The molecule has 0 amide bonds. The van der Waals surface area contributed by atoms with E-state index in [1.54, 1.807) is 40.2 Å². The number of carbonyl (C=O) groups is 1. The first-order valence-corrected chi connectivity index (χ1v) is 7.82. The van der Waals surface area contributed by atoms with E-state index in [-0.39, 0.29) is 11.1 Å². The minimum Gasteiger partial charge on any atom is -0.478 e. The summed E-state index contributed by atoms with van der Waals surface area (Å²) in [6.07, 6.45) is 0. The van der Waals surface area contributed by atoms with E-state index >= 15 is 0 Å². The van der Waals surface area contributed by atoms with Gasteiger partial charge in [0.1, 0.15) is 0 Å². The minimum absolute atomic E-state index is 0.0409. The lowest BCUT2D eigenvalue weighted by atomic mass is 10.1. The zero-order valence-corrected chi connectivity index (χ0v) is 13.1. The number of benzene rings is 1. The van der Waals surface area contributed by atoms with Crippen molar-refractivity contribution in [1.29, 1.82) is 0 Å². The highest BCUT2D eigenvalue weighted by Crippen LogP contribution is 2.22. The Morgan fingerprint density at radius 3 is 2.71 bits per heavy atom. The number of halogens is 1. The maximum atomic E-state index is 12.3. The number of para-hydroxylation sites is 1. The van der Waals surface area contributed by atoms with E-state index in [4.69, 9.17) is 0 Å². The fraction of sp³-hybridized carbons (Fsp3) is 0.0667. The highest BCUT2D eigenvalue weighted by Gasteiger charge is 2.14. The second-order valence-corrected chi connectivity index (χ2v) is 6.45. The number of carboxylic acid groups (broad SMARTS) is 1. The number of aromatic nitrogens is 1. The van der Waals surface area contributed by atoms with E-state index in [1.165, 1.54) is 6.07 Å². The molecule has 3 rings (SSSR count). The molecule has 2 aromatic heterocycles. The second kappa shape index (κ2) is 5.46. The summed E-state index contributed by atoms with van der Waals surface area (Å²) in [6.45, 7) is 0.426. The predicted octanol–water partition coefficient (Wildman–Crippen LogP) is 3.57. The van der Waals surface area contributed by atoms with Crippen molar-refractivity contribution in [2.75, 3.05) is 0 Å². The fourth-order valence-corrected chi connectivity index (χ4v) is 3.71. The molecule has 2 heterocycles. The molecule has 3 aromatic rings. The van der Waals surface area contributed by atoms with Gasteiger partial charge >= 0.3 is 5.97 Å². The molecule has 0 aliphatic carbocycles. The van der Waals surface area contributed by atoms with Crippen molar-refractivity contribution in [3.63, 3.8) is 0 Å². The normalized spacial score (nSPS) is 10.9. The Morgan fingerprint density at radius 1 is 1.29 bits per heavy atom. The molecule has 4 nitrogen and oxygen atoms in total. The molecule has 1 N–H and O–H groups in total. The van der Waals surface area contributed by atoms with E-state index in [9.17, 15) is 14.7 Å². The Balaban J connectivity index is 2.23. The monoisotopic (exact) mass is 363 g/mol. The first kappa shape index (κ1) is 14.0. The van der Waals surface area contributed by atoms with Crippen LogP contribution in [0.15, 0.2) is 51.0 Å². The number of carboxylic acids is 1. The molecule has 0 fully saturated rings. The van der Waals surface area contributed by atoms with E-state index in [2.05, 4.69) is 15.9 Å². The van der Waals surface area contributed by atoms with Gasteiger partial charge in [-0.25, -0.2) is 4.79 Å². The third-order valence-corrected chi connectivity index (χ3v) is 4.87. The standard InChI is InChI=1S/C15H10BrNO3S/c16-9-5-10(21-8-9)7-17-13-4-2-1-3-11(13)12(15(19)20)6-14(17)18/h1-6,8H,7H2,(H,19,20). The fourth-order valence-electron chi connectivity index (χ4n) is 2.27. The van der Waals surface area contributed by atoms with Crippen molar-refractivity contribution < 1.29 is 9.90 Å². The number of nitrogens with zero attached hydrogens (tertiary/aromatic N) is 1. The average molecular weight is 364 g/mol. The lowest BCUT2D eigenvalue weighted by Crippen LogP contribution is -2.22. The lowest BCUT2D eigenvalue weighted by Gasteiger charge is -2.11.